The minimum atomic E-state index is 0.313. The van der Waals surface area contributed by atoms with Crippen LogP contribution < -0.4 is 10.2 Å². The first-order chi connectivity index (χ1) is 21.2. The van der Waals surface area contributed by atoms with Crippen molar-refractivity contribution in [3.63, 3.8) is 0 Å². The van der Waals surface area contributed by atoms with Crippen LogP contribution in [0.25, 0.3) is 16.7 Å². The van der Waals surface area contributed by atoms with Gasteiger partial charge >= 0.3 is 0 Å². The van der Waals surface area contributed by atoms with Crippen LogP contribution in [0.4, 0.5) is 17.1 Å². The lowest BCUT2D eigenvalue weighted by Gasteiger charge is -2.36. The van der Waals surface area contributed by atoms with Gasteiger partial charge in [-0.25, -0.2) is 0 Å². The fourth-order valence-electron chi connectivity index (χ4n) is 6.59. The van der Waals surface area contributed by atoms with Crippen LogP contribution >= 0.6 is 0 Å². The standard InChI is InChI=1S/C41H44N2/c1-31-15-8-5-3-4-6-11-20-39(31)35-18-14-19-38(29-35)43-30-37(26-23-32(2)40-21-12-13-22-41(40)43)42-36-27-24-34(25-28-36)33-16-9-7-10-17-33/h6-7,9-14,16-22,24-25,27-29,32,37,42H,1,3-5,8,15,23,26,30H2,2H3/b11-6-,39-20+. The molecule has 0 fully saturated rings. The molecular weight excluding hydrogens is 520 g/mol. The summed E-state index contributed by atoms with van der Waals surface area (Å²) in [5.74, 6) is 0.484. The van der Waals surface area contributed by atoms with Gasteiger partial charge in [0.05, 0.1) is 0 Å². The van der Waals surface area contributed by atoms with Crippen molar-refractivity contribution < 1.29 is 0 Å². The summed E-state index contributed by atoms with van der Waals surface area (Å²) >= 11 is 0. The molecule has 2 heteroatoms. The van der Waals surface area contributed by atoms with Crippen LogP contribution in [-0.4, -0.2) is 12.6 Å². The molecular formula is C41H44N2. The molecule has 6 rings (SSSR count). The molecule has 0 spiro atoms. The lowest BCUT2D eigenvalue weighted by molar-refractivity contribution is 0.552. The zero-order valence-corrected chi connectivity index (χ0v) is 25.5. The summed E-state index contributed by atoms with van der Waals surface area (Å²) in [6, 6.07) is 38.0. The normalized spacial score (nSPS) is 21.5. The lowest BCUT2D eigenvalue weighted by Crippen LogP contribution is -2.36. The second-order valence-electron chi connectivity index (χ2n) is 12.2. The van der Waals surface area contributed by atoms with E-state index in [0.29, 0.717) is 12.0 Å². The lowest BCUT2D eigenvalue weighted by atomic mass is 9.89. The molecule has 0 saturated carbocycles. The van der Waals surface area contributed by atoms with Gasteiger partial charge in [-0.3, -0.25) is 0 Å². The van der Waals surface area contributed by atoms with E-state index in [4.69, 9.17) is 0 Å². The van der Waals surface area contributed by atoms with Gasteiger partial charge in [0.2, 0.25) is 0 Å². The number of benzene rings is 4. The van der Waals surface area contributed by atoms with Crippen LogP contribution in [0.3, 0.4) is 0 Å². The maximum absolute atomic E-state index is 4.52. The smallest absolute Gasteiger partial charge is 0.0446 e. The molecule has 0 radical (unpaired) electrons. The molecule has 1 aliphatic heterocycles. The topological polar surface area (TPSA) is 15.3 Å². The monoisotopic (exact) mass is 564 g/mol. The number of allylic oxidation sites excluding steroid dienone is 5. The molecule has 2 atom stereocenters. The van der Waals surface area contributed by atoms with Gasteiger partial charge in [-0.1, -0.05) is 111 Å². The van der Waals surface area contributed by atoms with E-state index in [0.717, 1.165) is 32.2 Å². The largest absolute Gasteiger partial charge is 0.381 e. The highest BCUT2D eigenvalue weighted by Crippen LogP contribution is 2.39. The Morgan fingerprint density at radius 2 is 1.51 bits per heavy atom. The van der Waals surface area contributed by atoms with Crippen molar-refractivity contribution in [3.8, 4) is 11.1 Å². The molecule has 0 aromatic heterocycles. The Kier molecular flexibility index (Phi) is 9.23. The van der Waals surface area contributed by atoms with Crippen LogP contribution in [0.2, 0.25) is 0 Å². The molecule has 218 valence electrons. The third-order valence-electron chi connectivity index (χ3n) is 9.07. The second kappa shape index (κ2) is 13.8. The van der Waals surface area contributed by atoms with Gasteiger partial charge < -0.3 is 10.2 Å². The third kappa shape index (κ3) is 7.03. The van der Waals surface area contributed by atoms with Gasteiger partial charge in [-0.2, -0.15) is 0 Å². The Morgan fingerprint density at radius 1 is 0.744 bits per heavy atom. The van der Waals surface area contributed by atoms with Gasteiger partial charge in [0.25, 0.3) is 0 Å². The van der Waals surface area contributed by atoms with Crippen molar-refractivity contribution in [2.24, 2.45) is 0 Å². The van der Waals surface area contributed by atoms with E-state index in [-0.39, 0.29) is 0 Å². The van der Waals surface area contributed by atoms with Crippen molar-refractivity contribution in [1.82, 2.24) is 0 Å². The molecule has 4 aromatic carbocycles. The number of fused-ring (bicyclic) bond motifs is 1. The van der Waals surface area contributed by atoms with Crippen LogP contribution in [0, 0.1) is 0 Å². The highest BCUT2D eigenvalue weighted by molar-refractivity contribution is 5.82. The third-order valence-corrected chi connectivity index (χ3v) is 9.07. The first kappa shape index (κ1) is 28.8. The van der Waals surface area contributed by atoms with E-state index in [1.165, 1.54) is 69.7 Å². The zero-order chi connectivity index (χ0) is 29.4. The summed E-state index contributed by atoms with van der Waals surface area (Å²) in [7, 11) is 0. The molecule has 0 saturated heterocycles. The van der Waals surface area contributed by atoms with Gasteiger partial charge in [-0.05, 0) is 108 Å². The Bertz CT molecular complexity index is 1580. The summed E-state index contributed by atoms with van der Waals surface area (Å²) in [5, 5.41) is 3.92. The SMILES string of the molecule is C=C1CCCCC/C=C\C=C/1c1cccc(N2CC(Nc3ccc(-c4ccccc4)cc3)CCC(C)c3ccccc32)c1. The number of anilines is 3. The molecule has 0 amide bonds. The zero-order valence-electron chi connectivity index (χ0n) is 25.5. The fraction of sp³-hybridized carbons (Fsp3) is 0.268. The van der Waals surface area contributed by atoms with Crippen molar-refractivity contribution in [2.75, 3.05) is 16.8 Å². The first-order valence-corrected chi connectivity index (χ1v) is 16.1. The summed E-state index contributed by atoms with van der Waals surface area (Å²) in [6.07, 6.45) is 15.0. The van der Waals surface area contributed by atoms with Crippen LogP contribution in [0.15, 0.2) is 134 Å². The Morgan fingerprint density at radius 3 is 2.37 bits per heavy atom. The van der Waals surface area contributed by atoms with Crippen molar-refractivity contribution in [3.05, 3.63) is 145 Å². The molecule has 2 aliphatic rings. The molecule has 1 aliphatic carbocycles. The highest BCUT2D eigenvalue weighted by Gasteiger charge is 2.25. The Labute approximate surface area is 258 Å². The number of hydrogen-bond acceptors (Lipinski definition) is 2. The highest BCUT2D eigenvalue weighted by atomic mass is 15.2. The van der Waals surface area contributed by atoms with E-state index in [1.54, 1.807) is 0 Å². The predicted molar refractivity (Wildman–Crippen MR) is 186 cm³/mol. The number of nitrogens with one attached hydrogen (secondary N) is 1. The van der Waals surface area contributed by atoms with Crippen LogP contribution in [0.1, 0.15) is 68.9 Å². The average molecular weight is 565 g/mol. The molecule has 1 heterocycles. The molecule has 43 heavy (non-hydrogen) atoms. The molecule has 2 nitrogen and oxygen atoms in total. The maximum atomic E-state index is 4.52. The van der Waals surface area contributed by atoms with Crippen LogP contribution in [0.5, 0.6) is 0 Å². The maximum Gasteiger partial charge on any atom is 0.0446 e. The quantitative estimate of drug-likeness (QED) is 0.259. The number of hydrogen-bond donors (Lipinski definition) is 1. The van der Waals surface area contributed by atoms with E-state index >= 15 is 0 Å². The van der Waals surface area contributed by atoms with E-state index in [1.807, 2.05) is 0 Å². The molecule has 4 aromatic rings. The number of nitrogens with zero attached hydrogens (tertiary/aromatic N) is 1. The van der Waals surface area contributed by atoms with Crippen LogP contribution in [-0.2, 0) is 0 Å². The first-order valence-electron chi connectivity index (χ1n) is 16.1. The summed E-state index contributed by atoms with van der Waals surface area (Å²) in [6.45, 7) is 7.80. The molecule has 2 unspecified atom stereocenters. The average Bonchev–Trinajstić information content (AvgIpc) is 3.05. The van der Waals surface area contributed by atoms with Gasteiger partial charge in [-0.15, -0.1) is 0 Å². The second-order valence-corrected chi connectivity index (χ2v) is 12.2. The van der Waals surface area contributed by atoms with Crippen molar-refractivity contribution in [2.45, 2.75) is 63.8 Å². The Hall–Kier alpha value is -4.30. The molecule has 1 N–H and O–H groups in total. The van der Waals surface area contributed by atoms with E-state index < -0.39 is 0 Å². The van der Waals surface area contributed by atoms with Crippen molar-refractivity contribution >= 4 is 22.6 Å². The minimum Gasteiger partial charge on any atom is -0.381 e. The Balaban J connectivity index is 1.32. The summed E-state index contributed by atoms with van der Waals surface area (Å²) in [5.41, 5.74) is 11.4. The van der Waals surface area contributed by atoms with Gasteiger partial charge in [0.15, 0.2) is 0 Å². The fourth-order valence-corrected chi connectivity index (χ4v) is 6.59. The van der Waals surface area contributed by atoms with Crippen molar-refractivity contribution in [1.29, 1.82) is 0 Å². The molecule has 0 bridgehead atoms. The number of para-hydroxylation sites is 1. The number of rotatable bonds is 5. The van der Waals surface area contributed by atoms with Gasteiger partial charge in [0, 0.05) is 29.6 Å². The van der Waals surface area contributed by atoms with E-state index in [2.05, 4.69) is 145 Å². The minimum absolute atomic E-state index is 0.313. The summed E-state index contributed by atoms with van der Waals surface area (Å²) in [4.78, 5) is 2.55. The predicted octanol–water partition coefficient (Wildman–Crippen LogP) is 11.3. The van der Waals surface area contributed by atoms with Gasteiger partial charge in [0.1, 0.15) is 0 Å². The summed E-state index contributed by atoms with van der Waals surface area (Å²) < 4.78 is 0. The van der Waals surface area contributed by atoms with E-state index in [9.17, 15) is 0 Å².